The summed E-state index contributed by atoms with van der Waals surface area (Å²) in [6.07, 6.45) is 2.85. The number of hydrogen-bond donors (Lipinski definition) is 2. The van der Waals surface area contributed by atoms with Crippen LogP contribution in [-0.2, 0) is 13.5 Å². The molecule has 18 heavy (non-hydrogen) atoms. The zero-order valence-electron chi connectivity index (χ0n) is 11.4. The Morgan fingerprint density at radius 1 is 1.39 bits per heavy atom. The second kappa shape index (κ2) is 5.08. The first-order valence-corrected chi connectivity index (χ1v) is 6.35. The molecule has 2 aromatic rings. The van der Waals surface area contributed by atoms with Crippen LogP contribution < -0.4 is 11.1 Å². The fraction of sp³-hybridized carbons (Fsp3) is 0.500. The van der Waals surface area contributed by atoms with Gasteiger partial charge in [0.1, 0.15) is 0 Å². The monoisotopic (exact) mass is 246 g/mol. The Morgan fingerprint density at radius 3 is 2.89 bits per heavy atom. The van der Waals surface area contributed by atoms with Gasteiger partial charge in [-0.3, -0.25) is 0 Å². The lowest BCUT2D eigenvalue weighted by Gasteiger charge is -2.18. The number of nitrogens with two attached hydrogens (primary N) is 1. The summed E-state index contributed by atoms with van der Waals surface area (Å²) < 4.78 is 2.04. The van der Waals surface area contributed by atoms with Crippen LogP contribution in [0.15, 0.2) is 24.5 Å². The summed E-state index contributed by atoms with van der Waals surface area (Å²) in [4.78, 5) is 4.37. The summed E-state index contributed by atoms with van der Waals surface area (Å²) in [7, 11) is 2.01. The van der Waals surface area contributed by atoms with Crippen molar-refractivity contribution >= 4 is 11.0 Å². The van der Waals surface area contributed by atoms with Gasteiger partial charge < -0.3 is 15.6 Å². The summed E-state index contributed by atoms with van der Waals surface area (Å²) >= 11 is 0. The number of nitrogens with one attached hydrogen (secondary N) is 1. The van der Waals surface area contributed by atoms with Crippen LogP contribution in [0.4, 0.5) is 0 Å². The van der Waals surface area contributed by atoms with E-state index in [0.717, 1.165) is 25.0 Å². The van der Waals surface area contributed by atoms with Crippen molar-refractivity contribution in [1.29, 1.82) is 0 Å². The Bertz CT molecular complexity index is 522. The molecule has 4 heteroatoms. The normalized spacial score (nSPS) is 12.2. The van der Waals surface area contributed by atoms with Crippen LogP contribution in [0.1, 0.15) is 19.4 Å². The molecule has 0 bridgehead atoms. The predicted octanol–water partition coefficient (Wildman–Crippen LogP) is 1.44. The Hall–Kier alpha value is -1.39. The quantitative estimate of drug-likeness (QED) is 0.785. The molecule has 0 fully saturated rings. The minimum absolute atomic E-state index is 0.148. The number of fused-ring (bicyclic) bond motifs is 1. The van der Waals surface area contributed by atoms with Crippen LogP contribution in [0.25, 0.3) is 11.0 Å². The smallest absolute Gasteiger partial charge is 0.0955 e. The van der Waals surface area contributed by atoms with E-state index in [1.807, 2.05) is 31.8 Å². The maximum absolute atomic E-state index is 5.92. The first-order chi connectivity index (χ1) is 8.46. The van der Waals surface area contributed by atoms with Gasteiger partial charge in [-0.25, -0.2) is 4.98 Å². The summed E-state index contributed by atoms with van der Waals surface area (Å²) in [5.41, 5.74) is 9.32. The number of nitrogens with zero attached hydrogens (tertiary/aromatic N) is 2. The Balaban J connectivity index is 1.92. The van der Waals surface area contributed by atoms with Crippen LogP contribution in [0.2, 0.25) is 0 Å². The molecule has 1 aromatic heterocycles. The van der Waals surface area contributed by atoms with Gasteiger partial charge in [0.25, 0.3) is 0 Å². The summed E-state index contributed by atoms with van der Waals surface area (Å²) in [5.74, 6) is 0. The Kier molecular flexibility index (Phi) is 3.68. The zero-order valence-corrected chi connectivity index (χ0v) is 11.4. The van der Waals surface area contributed by atoms with Gasteiger partial charge in [0.2, 0.25) is 0 Å². The third-order valence-corrected chi connectivity index (χ3v) is 2.96. The summed E-state index contributed by atoms with van der Waals surface area (Å²) in [5, 5.41) is 3.38. The standard InChI is InChI=1S/C14H22N4/c1-14(2,15)9-16-7-6-11-4-5-13-12(8-11)17-10-18(13)3/h4-5,8,10,16H,6-7,9,15H2,1-3H3. The highest BCUT2D eigenvalue weighted by Crippen LogP contribution is 2.13. The number of rotatable bonds is 5. The van der Waals surface area contributed by atoms with Crippen LogP contribution in [0.5, 0.6) is 0 Å². The van der Waals surface area contributed by atoms with Crippen molar-refractivity contribution in [3.8, 4) is 0 Å². The van der Waals surface area contributed by atoms with E-state index in [1.165, 1.54) is 11.1 Å². The second-order valence-corrected chi connectivity index (χ2v) is 5.59. The number of hydrogen-bond acceptors (Lipinski definition) is 3. The highest BCUT2D eigenvalue weighted by Gasteiger charge is 2.08. The molecular weight excluding hydrogens is 224 g/mol. The van der Waals surface area contributed by atoms with Crippen LogP contribution in [0.3, 0.4) is 0 Å². The number of benzene rings is 1. The number of aryl methyl sites for hydroxylation is 1. The number of imidazole rings is 1. The third-order valence-electron chi connectivity index (χ3n) is 2.96. The van der Waals surface area contributed by atoms with Crippen LogP contribution in [-0.4, -0.2) is 28.2 Å². The van der Waals surface area contributed by atoms with Gasteiger partial charge >= 0.3 is 0 Å². The molecule has 0 radical (unpaired) electrons. The van der Waals surface area contributed by atoms with Crippen LogP contribution in [0, 0.1) is 0 Å². The molecule has 0 atom stereocenters. The average molecular weight is 246 g/mol. The van der Waals surface area contributed by atoms with Crippen LogP contribution >= 0.6 is 0 Å². The molecule has 3 N–H and O–H groups in total. The van der Waals surface area contributed by atoms with Gasteiger partial charge in [-0.05, 0) is 44.5 Å². The lowest BCUT2D eigenvalue weighted by Crippen LogP contribution is -2.43. The predicted molar refractivity (Wildman–Crippen MR) is 75.6 cm³/mol. The molecule has 0 saturated heterocycles. The second-order valence-electron chi connectivity index (χ2n) is 5.59. The van der Waals surface area contributed by atoms with E-state index < -0.39 is 0 Å². The van der Waals surface area contributed by atoms with Gasteiger partial charge in [0.15, 0.2) is 0 Å². The molecule has 0 unspecified atom stereocenters. The third kappa shape index (κ3) is 3.31. The fourth-order valence-corrected chi connectivity index (χ4v) is 1.98. The molecular formula is C14H22N4. The zero-order chi connectivity index (χ0) is 13.2. The van der Waals surface area contributed by atoms with E-state index >= 15 is 0 Å². The minimum atomic E-state index is -0.148. The maximum Gasteiger partial charge on any atom is 0.0955 e. The molecule has 0 spiro atoms. The Labute approximate surface area is 108 Å². The topological polar surface area (TPSA) is 55.9 Å². The van der Waals surface area contributed by atoms with Gasteiger partial charge in [0, 0.05) is 19.1 Å². The molecule has 0 saturated carbocycles. The van der Waals surface area contributed by atoms with Gasteiger partial charge in [-0.2, -0.15) is 0 Å². The lowest BCUT2D eigenvalue weighted by molar-refractivity contribution is 0.469. The average Bonchev–Trinajstić information content (AvgIpc) is 2.65. The molecule has 0 amide bonds. The first kappa shape index (κ1) is 13.1. The minimum Gasteiger partial charge on any atom is -0.334 e. The maximum atomic E-state index is 5.92. The molecule has 0 aliphatic rings. The fourth-order valence-electron chi connectivity index (χ4n) is 1.98. The van der Waals surface area contributed by atoms with Crippen molar-refractivity contribution in [2.45, 2.75) is 25.8 Å². The molecule has 4 nitrogen and oxygen atoms in total. The molecule has 1 heterocycles. The van der Waals surface area contributed by atoms with Gasteiger partial charge in [-0.1, -0.05) is 6.07 Å². The van der Waals surface area contributed by atoms with E-state index in [-0.39, 0.29) is 5.54 Å². The van der Waals surface area contributed by atoms with E-state index in [4.69, 9.17) is 5.73 Å². The summed E-state index contributed by atoms with van der Waals surface area (Å²) in [6, 6.07) is 6.45. The van der Waals surface area contributed by atoms with E-state index in [0.29, 0.717) is 0 Å². The van der Waals surface area contributed by atoms with Crippen molar-refractivity contribution in [2.24, 2.45) is 12.8 Å². The SMILES string of the molecule is Cn1cnc2cc(CCNCC(C)(C)N)ccc21. The van der Waals surface area contributed by atoms with Gasteiger partial charge in [-0.15, -0.1) is 0 Å². The molecule has 0 aliphatic carbocycles. The summed E-state index contributed by atoms with van der Waals surface area (Å²) in [6.45, 7) is 5.83. The van der Waals surface area contributed by atoms with Crippen molar-refractivity contribution in [2.75, 3.05) is 13.1 Å². The highest BCUT2D eigenvalue weighted by atomic mass is 15.0. The molecule has 2 rings (SSSR count). The lowest BCUT2D eigenvalue weighted by atomic mass is 10.1. The van der Waals surface area contributed by atoms with Crippen molar-refractivity contribution in [1.82, 2.24) is 14.9 Å². The molecule has 0 aliphatic heterocycles. The van der Waals surface area contributed by atoms with Crippen molar-refractivity contribution in [3.05, 3.63) is 30.1 Å². The highest BCUT2D eigenvalue weighted by molar-refractivity contribution is 5.75. The largest absolute Gasteiger partial charge is 0.334 e. The van der Waals surface area contributed by atoms with Crippen molar-refractivity contribution < 1.29 is 0 Å². The first-order valence-electron chi connectivity index (χ1n) is 6.35. The van der Waals surface area contributed by atoms with E-state index in [9.17, 15) is 0 Å². The van der Waals surface area contributed by atoms with E-state index in [1.54, 1.807) is 0 Å². The molecule has 98 valence electrons. The van der Waals surface area contributed by atoms with Crippen molar-refractivity contribution in [3.63, 3.8) is 0 Å². The van der Waals surface area contributed by atoms with Gasteiger partial charge in [0.05, 0.1) is 17.4 Å². The van der Waals surface area contributed by atoms with E-state index in [2.05, 4.69) is 28.5 Å². The number of aromatic nitrogens is 2. The Morgan fingerprint density at radius 2 is 2.17 bits per heavy atom. The molecule has 1 aromatic carbocycles.